The normalized spacial score (nSPS) is 13.6. The summed E-state index contributed by atoms with van der Waals surface area (Å²) >= 11 is 0. The predicted molar refractivity (Wildman–Crippen MR) is 131 cm³/mol. The molecule has 0 aliphatic carbocycles. The largest absolute Gasteiger partial charge is 0.490 e. The van der Waals surface area contributed by atoms with E-state index in [4.69, 9.17) is 14.2 Å². The summed E-state index contributed by atoms with van der Waals surface area (Å²) in [6, 6.07) is 16.4. The molecule has 9 heteroatoms. The minimum absolute atomic E-state index is 0.0790. The van der Waals surface area contributed by atoms with Crippen molar-refractivity contribution in [1.29, 1.82) is 0 Å². The summed E-state index contributed by atoms with van der Waals surface area (Å²) in [5, 5.41) is 4.10. The van der Waals surface area contributed by atoms with Crippen LogP contribution in [0.2, 0.25) is 0 Å². The smallest absolute Gasteiger partial charge is 0.273 e. The number of nitrogens with one attached hydrogen (secondary N) is 1. The molecular formula is C26H28N4O5. The first-order valence-electron chi connectivity index (χ1n) is 11.5. The Labute approximate surface area is 203 Å². The molecule has 2 aromatic carbocycles. The van der Waals surface area contributed by atoms with Crippen LogP contribution in [0.15, 0.2) is 72.1 Å². The van der Waals surface area contributed by atoms with Crippen LogP contribution in [-0.2, 0) is 9.53 Å². The number of benzene rings is 2. The molecular weight excluding hydrogens is 448 g/mol. The standard InChI is InChI=1S/C26H28N4O5/c1-2-34-24-17-20(9-10-23(24)35-19-25(31)30-13-15-33-16-14-30)18-27-28-26(32)21-7-3-4-8-22(21)29-11-5-6-12-29/h3-12,17-18H,2,13-16,19H2,1H3,(H,28,32). The number of nitrogens with zero attached hydrogens (tertiary/aromatic N) is 3. The molecule has 1 aliphatic rings. The fraction of sp³-hybridized carbons (Fsp3) is 0.269. The second-order valence-electron chi connectivity index (χ2n) is 7.73. The maximum atomic E-state index is 12.7. The molecule has 1 N–H and O–H groups in total. The van der Waals surface area contributed by atoms with Crippen LogP contribution in [0.5, 0.6) is 11.5 Å². The van der Waals surface area contributed by atoms with E-state index in [0.717, 1.165) is 5.69 Å². The number of carbonyl (C=O) groups is 2. The quantitative estimate of drug-likeness (QED) is 0.379. The van der Waals surface area contributed by atoms with Crippen LogP contribution in [0.1, 0.15) is 22.8 Å². The van der Waals surface area contributed by atoms with Crippen molar-refractivity contribution in [3.63, 3.8) is 0 Å². The number of morpholine rings is 1. The molecule has 1 aromatic heterocycles. The number of hydrazone groups is 1. The van der Waals surface area contributed by atoms with Crippen LogP contribution >= 0.6 is 0 Å². The molecule has 1 fully saturated rings. The van der Waals surface area contributed by atoms with Gasteiger partial charge in [0, 0.05) is 25.5 Å². The van der Waals surface area contributed by atoms with Gasteiger partial charge in [-0.1, -0.05) is 12.1 Å². The maximum absolute atomic E-state index is 12.7. The van der Waals surface area contributed by atoms with Gasteiger partial charge in [-0.3, -0.25) is 9.59 Å². The molecule has 0 saturated carbocycles. The first-order valence-corrected chi connectivity index (χ1v) is 11.5. The molecule has 0 unspecified atom stereocenters. The summed E-state index contributed by atoms with van der Waals surface area (Å²) in [5.74, 6) is 0.548. The molecule has 0 spiro atoms. The Morgan fingerprint density at radius 3 is 2.57 bits per heavy atom. The van der Waals surface area contributed by atoms with Gasteiger partial charge in [-0.15, -0.1) is 0 Å². The molecule has 0 radical (unpaired) electrons. The van der Waals surface area contributed by atoms with E-state index in [9.17, 15) is 9.59 Å². The van der Waals surface area contributed by atoms with Gasteiger partial charge >= 0.3 is 0 Å². The number of hydrogen-bond donors (Lipinski definition) is 1. The van der Waals surface area contributed by atoms with Crippen molar-refractivity contribution in [3.8, 4) is 17.2 Å². The number of carbonyl (C=O) groups excluding carboxylic acids is 2. The van der Waals surface area contributed by atoms with E-state index in [2.05, 4.69) is 10.5 Å². The highest BCUT2D eigenvalue weighted by Gasteiger charge is 2.18. The Kier molecular flexibility index (Phi) is 8.13. The first-order chi connectivity index (χ1) is 17.2. The molecule has 0 atom stereocenters. The number of aromatic nitrogens is 1. The summed E-state index contributed by atoms with van der Waals surface area (Å²) in [4.78, 5) is 26.8. The Balaban J connectivity index is 1.39. The monoisotopic (exact) mass is 476 g/mol. The van der Waals surface area contributed by atoms with Crippen LogP contribution in [0, 0.1) is 0 Å². The number of para-hydroxylation sites is 1. The summed E-state index contributed by atoms with van der Waals surface area (Å²) in [6.07, 6.45) is 5.28. The van der Waals surface area contributed by atoms with E-state index < -0.39 is 0 Å². The molecule has 1 saturated heterocycles. The van der Waals surface area contributed by atoms with E-state index in [1.54, 1.807) is 29.2 Å². The SMILES string of the molecule is CCOc1cc(C=NNC(=O)c2ccccc2-n2cccc2)ccc1OCC(=O)N1CCOCC1. The lowest BCUT2D eigenvalue weighted by Crippen LogP contribution is -2.43. The van der Waals surface area contributed by atoms with Crippen LogP contribution in [0.4, 0.5) is 0 Å². The summed E-state index contributed by atoms with van der Waals surface area (Å²) in [6.45, 7) is 4.43. The van der Waals surface area contributed by atoms with Crippen molar-refractivity contribution in [2.24, 2.45) is 5.10 Å². The molecule has 0 bridgehead atoms. The summed E-state index contributed by atoms with van der Waals surface area (Å²) in [7, 11) is 0. The lowest BCUT2D eigenvalue weighted by atomic mass is 10.1. The molecule has 35 heavy (non-hydrogen) atoms. The molecule has 4 rings (SSSR count). The van der Waals surface area contributed by atoms with Gasteiger partial charge in [-0.2, -0.15) is 5.10 Å². The van der Waals surface area contributed by atoms with Gasteiger partial charge in [0.05, 0.1) is 37.3 Å². The predicted octanol–water partition coefficient (Wildman–Crippen LogP) is 2.88. The van der Waals surface area contributed by atoms with E-state index in [1.165, 1.54) is 6.21 Å². The molecule has 1 aliphatic heterocycles. The zero-order valence-electron chi connectivity index (χ0n) is 19.6. The third kappa shape index (κ3) is 6.27. The van der Waals surface area contributed by atoms with Crippen LogP contribution in [-0.4, -0.2) is 67.0 Å². The average molecular weight is 477 g/mol. The molecule has 3 aromatic rings. The maximum Gasteiger partial charge on any atom is 0.273 e. The summed E-state index contributed by atoms with van der Waals surface area (Å²) in [5.41, 5.74) is 4.55. The Bertz CT molecular complexity index is 1170. The highest BCUT2D eigenvalue weighted by molar-refractivity contribution is 5.98. The Hall–Kier alpha value is -4.11. The first kappa shape index (κ1) is 24.0. The van der Waals surface area contributed by atoms with Crippen molar-refractivity contribution in [1.82, 2.24) is 14.9 Å². The summed E-state index contributed by atoms with van der Waals surface area (Å²) < 4.78 is 18.6. The zero-order valence-corrected chi connectivity index (χ0v) is 19.6. The lowest BCUT2D eigenvalue weighted by Gasteiger charge is -2.26. The molecule has 2 amide bonds. The lowest BCUT2D eigenvalue weighted by molar-refractivity contribution is -0.137. The number of rotatable bonds is 9. The number of amides is 2. The fourth-order valence-corrected chi connectivity index (χ4v) is 3.65. The fourth-order valence-electron chi connectivity index (χ4n) is 3.65. The minimum Gasteiger partial charge on any atom is -0.490 e. The van der Waals surface area contributed by atoms with Gasteiger partial charge in [-0.25, -0.2) is 5.43 Å². The van der Waals surface area contributed by atoms with Gasteiger partial charge in [0.2, 0.25) is 0 Å². The minimum atomic E-state index is -0.322. The van der Waals surface area contributed by atoms with Gasteiger partial charge in [0.1, 0.15) is 0 Å². The molecule has 182 valence electrons. The number of ether oxygens (including phenoxy) is 3. The number of hydrogen-bond acceptors (Lipinski definition) is 6. The molecule has 2 heterocycles. The van der Waals surface area contributed by atoms with Gasteiger partial charge < -0.3 is 23.7 Å². The van der Waals surface area contributed by atoms with Crippen molar-refractivity contribution in [3.05, 3.63) is 78.1 Å². The Morgan fingerprint density at radius 1 is 1.03 bits per heavy atom. The highest BCUT2D eigenvalue weighted by atomic mass is 16.5. The third-order valence-corrected chi connectivity index (χ3v) is 5.39. The van der Waals surface area contributed by atoms with Crippen molar-refractivity contribution < 1.29 is 23.8 Å². The molecule has 9 nitrogen and oxygen atoms in total. The average Bonchev–Trinajstić information content (AvgIpc) is 3.44. The van der Waals surface area contributed by atoms with Crippen molar-refractivity contribution >= 4 is 18.0 Å². The topological polar surface area (TPSA) is 94.4 Å². The van der Waals surface area contributed by atoms with E-state index in [-0.39, 0.29) is 18.4 Å². The van der Waals surface area contributed by atoms with Crippen LogP contribution in [0.25, 0.3) is 5.69 Å². The second kappa shape index (κ2) is 11.8. The van der Waals surface area contributed by atoms with Crippen molar-refractivity contribution in [2.75, 3.05) is 39.5 Å². The van der Waals surface area contributed by atoms with E-state index in [1.807, 2.05) is 54.2 Å². The highest BCUT2D eigenvalue weighted by Crippen LogP contribution is 2.28. The Morgan fingerprint density at radius 2 is 1.80 bits per heavy atom. The van der Waals surface area contributed by atoms with E-state index in [0.29, 0.717) is 55.5 Å². The van der Waals surface area contributed by atoms with Gasteiger partial charge in [0.15, 0.2) is 18.1 Å². The van der Waals surface area contributed by atoms with E-state index >= 15 is 0 Å². The third-order valence-electron chi connectivity index (χ3n) is 5.39. The van der Waals surface area contributed by atoms with Gasteiger partial charge in [0.25, 0.3) is 11.8 Å². The zero-order chi connectivity index (χ0) is 24.5. The van der Waals surface area contributed by atoms with Crippen LogP contribution < -0.4 is 14.9 Å². The van der Waals surface area contributed by atoms with Gasteiger partial charge in [-0.05, 0) is 55.0 Å². The second-order valence-corrected chi connectivity index (χ2v) is 7.73. The van der Waals surface area contributed by atoms with Crippen molar-refractivity contribution in [2.45, 2.75) is 6.92 Å². The van der Waals surface area contributed by atoms with Crippen LogP contribution in [0.3, 0.4) is 0 Å².